The van der Waals surface area contributed by atoms with Crippen LogP contribution in [-0.4, -0.2) is 39.1 Å². The summed E-state index contributed by atoms with van der Waals surface area (Å²) in [6.07, 6.45) is 4.02. The van der Waals surface area contributed by atoms with E-state index >= 15 is 0 Å². The predicted octanol–water partition coefficient (Wildman–Crippen LogP) is 4.88. The Morgan fingerprint density at radius 3 is 2.62 bits per heavy atom. The second-order valence-electron chi connectivity index (χ2n) is 8.32. The lowest BCUT2D eigenvalue weighted by Gasteiger charge is -2.21. The lowest BCUT2D eigenvalue weighted by atomic mass is 10.1. The zero-order valence-electron chi connectivity index (χ0n) is 19.1. The predicted molar refractivity (Wildman–Crippen MR) is 126 cm³/mol. The fourth-order valence-corrected chi connectivity index (χ4v) is 3.95. The summed E-state index contributed by atoms with van der Waals surface area (Å²) in [5, 5.41) is 10.5. The van der Waals surface area contributed by atoms with E-state index in [1.807, 2.05) is 50.2 Å². The van der Waals surface area contributed by atoms with Gasteiger partial charge in [0.05, 0.1) is 6.10 Å². The molecule has 0 saturated heterocycles. The van der Waals surface area contributed by atoms with Gasteiger partial charge in [-0.25, -0.2) is 0 Å². The molecule has 3 rings (SSSR count). The minimum atomic E-state index is -1.02. The van der Waals surface area contributed by atoms with Crippen LogP contribution >= 0.6 is 0 Å². The van der Waals surface area contributed by atoms with Crippen molar-refractivity contribution >= 4 is 22.8 Å². The molecule has 0 aliphatic heterocycles. The maximum atomic E-state index is 13.0. The SMILES string of the molecule is CCCn1cc(CCC(=O)N(CC(=O)O)Cc2cccc(OC(C)C)c2)c2ccccc21. The summed E-state index contributed by atoms with van der Waals surface area (Å²) >= 11 is 0. The first-order chi connectivity index (χ1) is 15.4. The molecule has 1 amide bonds. The molecule has 6 nitrogen and oxygen atoms in total. The van der Waals surface area contributed by atoms with Crippen molar-refractivity contribution in [2.24, 2.45) is 0 Å². The first-order valence-corrected chi connectivity index (χ1v) is 11.2. The van der Waals surface area contributed by atoms with Crippen molar-refractivity contribution in [2.75, 3.05) is 6.54 Å². The van der Waals surface area contributed by atoms with E-state index in [2.05, 4.69) is 29.8 Å². The van der Waals surface area contributed by atoms with E-state index in [4.69, 9.17) is 4.74 Å². The van der Waals surface area contributed by atoms with Crippen LogP contribution in [-0.2, 0) is 29.1 Å². The lowest BCUT2D eigenvalue weighted by molar-refractivity contribution is -0.144. The molecule has 6 heteroatoms. The van der Waals surface area contributed by atoms with Crippen LogP contribution < -0.4 is 4.74 Å². The molecule has 0 saturated carbocycles. The molecule has 1 aromatic heterocycles. The molecular weight excluding hydrogens is 404 g/mol. The third-order valence-electron chi connectivity index (χ3n) is 5.27. The second-order valence-corrected chi connectivity index (χ2v) is 8.32. The van der Waals surface area contributed by atoms with E-state index < -0.39 is 5.97 Å². The van der Waals surface area contributed by atoms with Crippen LogP contribution in [0.2, 0.25) is 0 Å². The molecule has 1 heterocycles. The monoisotopic (exact) mass is 436 g/mol. The van der Waals surface area contributed by atoms with E-state index in [9.17, 15) is 14.7 Å². The van der Waals surface area contributed by atoms with E-state index in [0.29, 0.717) is 12.2 Å². The van der Waals surface area contributed by atoms with Crippen LogP contribution in [0.1, 0.15) is 44.7 Å². The fourth-order valence-electron chi connectivity index (χ4n) is 3.95. The standard InChI is InChI=1S/C26H32N2O4/c1-4-14-27-17-21(23-10-5-6-11-24(23)27)12-13-25(29)28(18-26(30)31)16-20-8-7-9-22(15-20)32-19(2)3/h5-11,15,17,19H,4,12-14,16,18H2,1-3H3,(H,30,31). The number of nitrogens with zero attached hydrogens (tertiary/aromatic N) is 2. The zero-order chi connectivity index (χ0) is 23.1. The number of carbonyl (C=O) groups excluding carboxylic acids is 1. The normalized spacial score (nSPS) is 11.1. The highest BCUT2D eigenvalue weighted by Crippen LogP contribution is 2.23. The van der Waals surface area contributed by atoms with Crippen LogP contribution in [0.5, 0.6) is 5.75 Å². The quantitative estimate of drug-likeness (QED) is 0.465. The molecule has 32 heavy (non-hydrogen) atoms. The number of para-hydroxylation sites is 1. The molecule has 1 N–H and O–H groups in total. The van der Waals surface area contributed by atoms with E-state index in [1.54, 1.807) is 0 Å². The number of rotatable bonds is 11. The summed E-state index contributed by atoms with van der Waals surface area (Å²) in [5.41, 5.74) is 3.13. The molecule has 3 aromatic rings. The lowest BCUT2D eigenvalue weighted by Crippen LogP contribution is -2.35. The number of fused-ring (bicyclic) bond motifs is 1. The number of benzene rings is 2. The highest BCUT2D eigenvalue weighted by molar-refractivity contribution is 5.85. The summed E-state index contributed by atoms with van der Waals surface area (Å²) < 4.78 is 7.95. The number of carboxylic acids is 1. The van der Waals surface area contributed by atoms with Crippen molar-refractivity contribution in [3.8, 4) is 5.75 Å². The maximum Gasteiger partial charge on any atom is 0.323 e. The van der Waals surface area contributed by atoms with Gasteiger partial charge in [0.2, 0.25) is 5.91 Å². The van der Waals surface area contributed by atoms with Crippen LogP contribution in [0.25, 0.3) is 10.9 Å². The Morgan fingerprint density at radius 2 is 1.91 bits per heavy atom. The molecule has 0 aliphatic rings. The van der Waals surface area contributed by atoms with Gasteiger partial charge in [-0.05, 0) is 56.0 Å². The summed E-state index contributed by atoms with van der Waals surface area (Å²) in [6.45, 7) is 6.87. The highest BCUT2D eigenvalue weighted by atomic mass is 16.5. The van der Waals surface area contributed by atoms with E-state index in [0.717, 1.165) is 29.5 Å². The Labute approximate surface area is 189 Å². The number of hydrogen-bond donors (Lipinski definition) is 1. The minimum absolute atomic E-state index is 0.0387. The van der Waals surface area contributed by atoms with Gasteiger partial charge in [0.1, 0.15) is 12.3 Å². The minimum Gasteiger partial charge on any atom is -0.491 e. The molecule has 2 aromatic carbocycles. The van der Waals surface area contributed by atoms with Crippen LogP contribution in [0.15, 0.2) is 54.7 Å². The fraction of sp³-hybridized carbons (Fsp3) is 0.385. The first kappa shape index (κ1) is 23.4. The van der Waals surface area contributed by atoms with Gasteiger partial charge in [-0.1, -0.05) is 37.3 Å². The van der Waals surface area contributed by atoms with Crippen molar-refractivity contribution < 1.29 is 19.4 Å². The Kier molecular flexibility index (Phi) is 7.92. The van der Waals surface area contributed by atoms with Crippen molar-refractivity contribution in [3.05, 3.63) is 65.9 Å². The number of aryl methyl sites for hydroxylation is 2. The largest absolute Gasteiger partial charge is 0.491 e. The summed E-state index contributed by atoms with van der Waals surface area (Å²) in [5.74, 6) is -0.480. The highest BCUT2D eigenvalue weighted by Gasteiger charge is 2.19. The van der Waals surface area contributed by atoms with Gasteiger partial charge in [-0.15, -0.1) is 0 Å². The van der Waals surface area contributed by atoms with Gasteiger partial charge < -0.3 is 19.3 Å². The molecule has 0 unspecified atom stereocenters. The topological polar surface area (TPSA) is 71.8 Å². The molecular formula is C26H32N2O4. The van der Waals surface area contributed by atoms with Gasteiger partial charge in [0.25, 0.3) is 0 Å². The Bertz CT molecular complexity index is 1070. The zero-order valence-corrected chi connectivity index (χ0v) is 19.1. The van der Waals surface area contributed by atoms with Crippen LogP contribution in [0.4, 0.5) is 0 Å². The van der Waals surface area contributed by atoms with E-state index in [1.165, 1.54) is 10.4 Å². The van der Waals surface area contributed by atoms with Crippen molar-refractivity contribution in [3.63, 3.8) is 0 Å². The number of carboxylic acid groups (broad SMARTS) is 1. The van der Waals surface area contributed by atoms with Gasteiger partial charge >= 0.3 is 5.97 Å². The summed E-state index contributed by atoms with van der Waals surface area (Å²) in [7, 11) is 0. The summed E-state index contributed by atoms with van der Waals surface area (Å²) in [4.78, 5) is 25.8. The summed E-state index contributed by atoms with van der Waals surface area (Å²) in [6, 6.07) is 15.7. The molecule has 0 fully saturated rings. The first-order valence-electron chi connectivity index (χ1n) is 11.2. The number of hydrogen-bond acceptors (Lipinski definition) is 3. The van der Waals surface area contributed by atoms with Gasteiger partial charge in [0.15, 0.2) is 0 Å². The maximum absolute atomic E-state index is 13.0. The number of aliphatic carboxylic acids is 1. The molecule has 0 spiro atoms. The van der Waals surface area contributed by atoms with Crippen molar-refractivity contribution in [2.45, 2.75) is 59.2 Å². The van der Waals surface area contributed by atoms with Gasteiger partial charge in [0, 0.05) is 36.6 Å². The van der Waals surface area contributed by atoms with E-state index in [-0.39, 0.29) is 31.5 Å². The smallest absolute Gasteiger partial charge is 0.323 e. The number of amides is 1. The molecule has 0 bridgehead atoms. The van der Waals surface area contributed by atoms with Gasteiger partial charge in [-0.2, -0.15) is 0 Å². The number of ether oxygens (including phenoxy) is 1. The van der Waals surface area contributed by atoms with Crippen molar-refractivity contribution in [1.82, 2.24) is 9.47 Å². The average Bonchev–Trinajstić information content (AvgIpc) is 3.09. The average molecular weight is 437 g/mol. The number of carbonyl (C=O) groups is 2. The molecule has 170 valence electrons. The third kappa shape index (κ3) is 6.13. The van der Waals surface area contributed by atoms with Crippen LogP contribution in [0.3, 0.4) is 0 Å². The number of aromatic nitrogens is 1. The second kappa shape index (κ2) is 10.8. The Hall–Kier alpha value is -3.28. The van der Waals surface area contributed by atoms with Crippen LogP contribution in [0, 0.1) is 0 Å². The molecule has 0 aliphatic carbocycles. The Balaban J connectivity index is 1.73. The van der Waals surface area contributed by atoms with Gasteiger partial charge in [-0.3, -0.25) is 9.59 Å². The third-order valence-corrected chi connectivity index (χ3v) is 5.27. The Morgan fingerprint density at radius 1 is 1.12 bits per heavy atom. The molecule has 0 radical (unpaired) electrons. The van der Waals surface area contributed by atoms with Crippen molar-refractivity contribution in [1.29, 1.82) is 0 Å². The molecule has 0 atom stereocenters.